The van der Waals surface area contributed by atoms with Crippen LogP contribution in [0.15, 0.2) is 84.9 Å². The van der Waals surface area contributed by atoms with E-state index >= 15 is 0 Å². The first kappa shape index (κ1) is 42.5. The van der Waals surface area contributed by atoms with E-state index in [9.17, 15) is 0 Å². The summed E-state index contributed by atoms with van der Waals surface area (Å²) < 4.78 is 27.0. The molecule has 1 spiro atoms. The standard InChI is InChI=1S/C50H62B2Br2O4/c1-45(2)46(3,4)56-51(55-45)35-25-27-37-38-28-26-36(52-57-47(5,6)48(7,8)58-52)34-44(38)50(43(37)33-35)41-23-15-13-21-39(41)49(29-17-9-11-19-31-53,30-18-10-12-20-32-54)40-22-14-16-24-42(40)50/h13-16,21-28,33-34H,9-12,17-20,29-32H2,1-8H3. The quantitative estimate of drug-likeness (QED) is 0.0632. The van der Waals surface area contributed by atoms with Crippen LogP contribution >= 0.6 is 31.9 Å². The minimum atomic E-state index is -0.577. The van der Waals surface area contributed by atoms with Crippen molar-refractivity contribution in [1.29, 1.82) is 0 Å². The summed E-state index contributed by atoms with van der Waals surface area (Å²) in [4.78, 5) is 0. The summed E-state index contributed by atoms with van der Waals surface area (Å²) in [7, 11) is -0.938. The molecule has 0 amide bonds. The van der Waals surface area contributed by atoms with Gasteiger partial charge in [-0.1, -0.05) is 155 Å². The van der Waals surface area contributed by atoms with Gasteiger partial charge < -0.3 is 18.6 Å². The zero-order valence-corrected chi connectivity index (χ0v) is 39.3. The summed E-state index contributed by atoms with van der Waals surface area (Å²) in [6, 6.07) is 33.0. The number of fused-ring (bicyclic) bond motifs is 9. The molecule has 4 nitrogen and oxygen atoms in total. The van der Waals surface area contributed by atoms with Gasteiger partial charge in [0.25, 0.3) is 0 Å². The van der Waals surface area contributed by atoms with Crippen molar-refractivity contribution >= 4 is 57.0 Å². The number of hydrogen-bond acceptors (Lipinski definition) is 4. The summed E-state index contributed by atoms with van der Waals surface area (Å²) in [5.41, 5.74) is 10.5. The Bertz CT molecular complexity index is 1960. The molecule has 0 saturated carbocycles. The summed E-state index contributed by atoms with van der Waals surface area (Å²) in [6.45, 7) is 17.1. The van der Waals surface area contributed by atoms with Gasteiger partial charge in [0.05, 0.1) is 27.8 Å². The molecule has 0 aromatic heterocycles. The van der Waals surface area contributed by atoms with Crippen LogP contribution in [-0.4, -0.2) is 47.3 Å². The predicted octanol–water partition coefficient (Wildman–Crippen LogP) is 11.9. The van der Waals surface area contributed by atoms with E-state index < -0.39 is 42.1 Å². The van der Waals surface area contributed by atoms with Gasteiger partial charge in [0.15, 0.2) is 0 Å². The Morgan fingerprint density at radius 1 is 0.414 bits per heavy atom. The van der Waals surface area contributed by atoms with Gasteiger partial charge in [0, 0.05) is 16.1 Å². The molecule has 4 aromatic rings. The first-order valence-corrected chi connectivity index (χ1v) is 24.2. The SMILES string of the molecule is CC1(C)OB(c2ccc3c(c2)C2(c4cc(B5OC(C)(C)C(C)(C)O5)ccc4-3)c3ccccc3C(CCCCCCBr)(CCCCCCBr)c3ccccc32)OC1(C)C. The maximum Gasteiger partial charge on any atom is 0.494 e. The van der Waals surface area contributed by atoms with Crippen molar-refractivity contribution < 1.29 is 18.6 Å². The Balaban J connectivity index is 1.37. The molecule has 8 heteroatoms. The van der Waals surface area contributed by atoms with Gasteiger partial charge in [-0.3, -0.25) is 0 Å². The lowest BCUT2D eigenvalue weighted by atomic mass is 9.52. The second-order valence-electron chi connectivity index (χ2n) is 19.4. The third kappa shape index (κ3) is 6.87. The highest BCUT2D eigenvalue weighted by atomic mass is 79.9. The highest BCUT2D eigenvalue weighted by Gasteiger charge is 2.58. The van der Waals surface area contributed by atoms with E-state index in [1.807, 2.05) is 0 Å². The number of hydrogen-bond donors (Lipinski definition) is 0. The molecule has 306 valence electrons. The maximum absolute atomic E-state index is 6.74. The van der Waals surface area contributed by atoms with Gasteiger partial charge >= 0.3 is 14.2 Å². The highest BCUT2D eigenvalue weighted by Crippen LogP contribution is 2.63. The molecule has 2 aliphatic heterocycles. The molecule has 0 bridgehead atoms. The lowest BCUT2D eigenvalue weighted by Crippen LogP contribution is -2.45. The largest absolute Gasteiger partial charge is 0.494 e. The Morgan fingerprint density at radius 3 is 1.12 bits per heavy atom. The molecule has 0 radical (unpaired) electrons. The average Bonchev–Trinajstić information content (AvgIpc) is 3.70. The van der Waals surface area contributed by atoms with Crippen molar-refractivity contribution in [2.75, 3.05) is 10.7 Å². The van der Waals surface area contributed by atoms with E-state index in [0.29, 0.717) is 0 Å². The molecule has 0 atom stereocenters. The topological polar surface area (TPSA) is 36.9 Å². The third-order valence-corrected chi connectivity index (χ3v) is 16.0. The van der Waals surface area contributed by atoms with Crippen LogP contribution in [0.2, 0.25) is 0 Å². The van der Waals surface area contributed by atoms with Crippen LogP contribution in [0.5, 0.6) is 0 Å². The summed E-state index contributed by atoms with van der Waals surface area (Å²) >= 11 is 7.37. The second kappa shape index (κ2) is 15.9. The van der Waals surface area contributed by atoms with Crippen LogP contribution in [0.25, 0.3) is 11.1 Å². The van der Waals surface area contributed by atoms with Gasteiger partial charge in [-0.25, -0.2) is 0 Å². The fourth-order valence-electron chi connectivity index (χ4n) is 10.3. The van der Waals surface area contributed by atoms with Crippen LogP contribution in [0.1, 0.15) is 153 Å². The summed E-state index contributed by atoms with van der Waals surface area (Å²) in [5, 5.41) is 2.14. The van der Waals surface area contributed by atoms with Crippen LogP contribution < -0.4 is 10.9 Å². The Labute approximate surface area is 366 Å². The zero-order valence-electron chi connectivity index (χ0n) is 36.1. The molecule has 0 N–H and O–H groups in total. The first-order valence-electron chi connectivity index (χ1n) is 22.0. The van der Waals surface area contributed by atoms with E-state index in [1.54, 1.807) is 0 Å². The molecule has 2 saturated heterocycles. The fourth-order valence-corrected chi connectivity index (χ4v) is 11.1. The number of halogens is 2. The lowest BCUT2D eigenvalue weighted by Gasteiger charge is -2.50. The van der Waals surface area contributed by atoms with E-state index in [4.69, 9.17) is 18.6 Å². The van der Waals surface area contributed by atoms with Crippen molar-refractivity contribution in [1.82, 2.24) is 0 Å². The summed E-state index contributed by atoms with van der Waals surface area (Å²) in [5.74, 6) is 0. The van der Waals surface area contributed by atoms with Gasteiger partial charge in [-0.05, 0) is 137 Å². The van der Waals surface area contributed by atoms with E-state index in [1.165, 1.54) is 95.9 Å². The first-order chi connectivity index (χ1) is 27.6. The molecule has 4 aromatic carbocycles. The van der Waals surface area contributed by atoms with Crippen molar-refractivity contribution in [2.45, 2.75) is 153 Å². The maximum atomic E-state index is 6.74. The molecule has 58 heavy (non-hydrogen) atoms. The Hall–Kier alpha value is -2.19. The molecule has 0 unspecified atom stereocenters. The number of unbranched alkanes of at least 4 members (excludes halogenated alkanes) is 6. The molecule has 4 aliphatic rings. The van der Waals surface area contributed by atoms with Crippen LogP contribution in [0.4, 0.5) is 0 Å². The van der Waals surface area contributed by atoms with Crippen LogP contribution in [0.3, 0.4) is 0 Å². The van der Waals surface area contributed by atoms with Crippen LogP contribution in [0, 0.1) is 0 Å². The minimum absolute atomic E-state index is 0.100. The fraction of sp³-hybridized carbons (Fsp3) is 0.520. The molecular weight excluding hydrogens is 846 g/mol. The Kier molecular flexibility index (Phi) is 11.7. The number of benzene rings is 4. The molecular formula is C50H62B2Br2O4. The monoisotopic (exact) mass is 906 g/mol. The Morgan fingerprint density at radius 2 is 0.759 bits per heavy atom. The van der Waals surface area contributed by atoms with Gasteiger partial charge in [0.1, 0.15) is 0 Å². The van der Waals surface area contributed by atoms with Crippen molar-refractivity contribution in [3.05, 3.63) is 118 Å². The van der Waals surface area contributed by atoms with Crippen LogP contribution in [-0.2, 0) is 29.4 Å². The normalized spacial score (nSPS) is 20.9. The smallest absolute Gasteiger partial charge is 0.399 e. The van der Waals surface area contributed by atoms with Crippen molar-refractivity contribution in [2.24, 2.45) is 0 Å². The predicted molar refractivity (Wildman–Crippen MR) is 250 cm³/mol. The third-order valence-electron chi connectivity index (χ3n) is 14.9. The molecule has 2 aliphatic carbocycles. The van der Waals surface area contributed by atoms with Gasteiger partial charge in [-0.2, -0.15) is 0 Å². The average molecular weight is 908 g/mol. The lowest BCUT2D eigenvalue weighted by molar-refractivity contribution is 0.00578. The zero-order chi connectivity index (χ0) is 41.1. The highest BCUT2D eigenvalue weighted by molar-refractivity contribution is 9.09. The minimum Gasteiger partial charge on any atom is -0.399 e. The van der Waals surface area contributed by atoms with Gasteiger partial charge in [0.2, 0.25) is 0 Å². The molecule has 8 rings (SSSR count). The van der Waals surface area contributed by atoms with E-state index in [2.05, 4.69) is 172 Å². The number of alkyl halides is 2. The molecule has 2 fully saturated rings. The van der Waals surface area contributed by atoms with Gasteiger partial charge in [-0.15, -0.1) is 0 Å². The second-order valence-corrected chi connectivity index (χ2v) is 21.0. The van der Waals surface area contributed by atoms with Crippen molar-refractivity contribution in [3.63, 3.8) is 0 Å². The summed E-state index contributed by atoms with van der Waals surface area (Å²) in [6.07, 6.45) is 12.1. The van der Waals surface area contributed by atoms with Crippen molar-refractivity contribution in [3.8, 4) is 11.1 Å². The van der Waals surface area contributed by atoms with E-state index in [-0.39, 0.29) is 5.41 Å². The number of rotatable bonds is 14. The van der Waals surface area contributed by atoms with E-state index in [0.717, 1.165) is 34.4 Å². The molecule has 2 heterocycles.